The summed E-state index contributed by atoms with van der Waals surface area (Å²) in [7, 11) is -3.63. The minimum atomic E-state index is -3.63. The highest BCUT2D eigenvalue weighted by Crippen LogP contribution is 2.47. The second kappa shape index (κ2) is 11.7. The Morgan fingerprint density at radius 1 is 0.907 bits per heavy atom. The monoisotopic (exact) mass is 611 g/mol. The number of anilines is 1. The molecule has 9 nitrogen and oxygen atoms in total. The third kappa shape index (κ3) is 7.28. The van der Waals surface area contributed by atoms with E-state index in [1.807, 2.05) is 64.6 Å². The molecule has 2 atom stereocenters. The molecule has 3 aliphatic rings. The van der Waals surface area contributed by atoms with Gasteiger partial charge in [0, 0.05) is 38.1 Å². The maximum atomic E-state index is 13.4. The Labute approximate surface area is 256 Å². The highest BCUT2D eigenvalue weighted by molar-refractivity contribution is 7.92. The molecule has 0 N–H and O–H groups in total. The van der Waals surface area contributed by atoms with Crippen molar-refractivity contribution >= 4 is 27.9 Å². The van der Waals surface area contributed by atoms with E-state index in [0.717, 1.165) is 36.1 Å². The van der Waals surface area contributed by atoms with Crippen molar-refractivity contribution in [3.63, 3.8) is 0 Å². The number of benzene rings is 2. The molecular formula is C33H45N3O6S. The quantitative estimate of drug-likeness (QED) is 0.387. The molecule has 2 amide bonds. The Morgan fingerprint density at radius 2 is 1.56 bits per heavy atom. The molecule has 2 aromatic carbocycles. The Morgan fingerprint density at radius 3 is 2.19 bits per heavy atom. The minimum Gasteiger partial charge on any atom is -0.444 e. The summed E-state index contributed by atoms with van der Waals surface area (Å²) in [4.78, 5) is 29.9. The Balaban J connectivity index is 1.27. The number of carbonyl (C=O) groups excluding carboxylic acids is 2. The number of amides is 2. The van der Waals surface area contributed by atoms with Gasteiger partial charge in [-0.2, -0.15) is 0 Å². The summed E-state index contributed by atoms with van der Waals surface area (Å²) in [5.41, 5.74) is 1.72. The van der Waals surface area contributed by atoms with Crippen molar-refractivity contribution in [2.24, 2.45) is 5.92 Å². The molecule has 2 aromatic rings. The number of hydrogen-bond acceptors (Lipinski definition) is 6. The first-order valence-electron chi connectivity index (χ1n) is 15.3. The van der Waals surface area contributed by atoms with Crippen molar-refractivity contribution in [1.82, 2.24) is 9.80 Å². The van der Waals surface area contributed by atoms with Crippen LogP contribution in [0.4, 0.5) is 15.3 Å². The Bertz CT molecular complexity index is 1440. The van der Waals surface area contributed by atoms with Crippen LogP contribution in [0, 0.1) is 5.92 Å². The van der Waals surface area contributed by atoms with Crippen LogP contribution in [0.1, 0.15) is 77.8 Å². The van der Waals surface area contributed by atoms with E-state index in [1.54, 1.807) is 29.2 Å². The second-order valence-electron chi connectivity index (χ2n) is 14.0. The average molecular weight is 612 g/mol. The third-order valence-corrected chi connectivity index (χ3v) is 10.0. The number of nitrogens with zero attached hydrogens (tertiary/aromatic N) is 3. The molecule has 2 fully saturated rings. The fraction of sp³-hybridized carbons (Fsp3) is 0.576. The predicted octanol–water partition coefficient (Wildman–Crippen LogP) is 6.18. The van der Waals surface area contributed by atoms with Gasteiger partial charge < -0.3 is 19.3 Å². The van der Waals surface area contributed by atoms with Crippen LogP contribution in [0.3, 0.4) is 0 Å². The lowest BCUT2D eigenvalue weighted by atomic mass is 9.96. The van der Waals surface area contributed by atoms with Crippen LogP contribution in [0.2, 0.25) is 0 Å². The van der Waals surface area contributed by atoms with E-state index in [4.69, 9.17) is 9.47 Å². The molecule has 0 bridgehead atoms. The maximum absolute atomic E-state index is 13.4. The summed E-state index contributed by atoms with van der Waals surface area (Å²) in [5, 5.41) is 0. The molecular weight excluding hydrogens is 566 g/mol. The summed E-state index contributed by atoms with van der Waals surface area (Å²) < 4.78 is 39.5. The van der Waals surface area contributed by atoms with Crippen molar-refractivity contribution < 1.29 is 27.5 Å². The summed E-state index contributed by atoms with van der Waals surface area (Å²) in [5.74, 6) is 0.420. The number of rotatable bonds is 6. The standard InChI is InChI=1S/C33H45N3O6S/c1-32(2,3)41-30(37)34-17-14-23(15-18-34)22-35(31(38)42-33(4,5)6)29-21-27(29)24-12-13-28-25(20-24)16-19-36(28)43(39,40)26-10-8-7-9-11-26/h7-13,20,23,27,29H,14-19,21-22H2,1-6H3. The van der Waals surface area contributed by atoms with Gasteiger partial charge >= 0.3 is 12.2 Å². The molecule has 0 radical (unpaired) electrons. The molecule has 43 heavy (non-hydrogen) atoms. The van der Waals surface area contributed by atoms with Crippen molar-refractivity contribution in [2.45, 2.75) is 95.3 Å². The molecule has 0 aromatic heterocycles. The van der Waals surface area contributed by atoms with E-state index in [0.29, 0.717) is 37.5 Å². The van der Waals surface area contributed by atoms with E-state index in [1.165, 1.54) is 4.31 Å². The molecule has 1 aliphatic carbocycles. The van der Waals surface area contributed by atoms with Gasteiger partial charge in [0.05, 0.1) is 10.6 Å². The van der Waals surface area contributed by atoms with Gasteiger partial charge in [0.2, 0.25) is 0 Å². The number of sulfonamides is 1. The van der Waals surface area contributed by atoms with E-state index in [-0.39, 0.29) is 30.1 Å². The van der Waals surface area contributed by atoms with Crippen LogP contribution >= 0.6 is 0 Å². The van der Waals surface area contributed by atoms with E-state index >= 15 is 0 Å². The Hall–Kier alpha value is -3.27. The van der Waals surface area contributed by atoms with Gasteiger partial charge in [0.25, 0.3) is 10.0 Å². The number of piperidine rings is 1. The minimum absolute atomic E-state index is 0.0161. The first-order valence-corrected chi connectivity index (χ1v) is 16.7. The third-order valence-electron chi connectivity index (χ3n) is 8.22. The first kappa shape index (κ1) is 31.2. The zero-order valence-corrected chi connectivity index (χ0v) is 27.0. The first-order chi connectivity index (χ1) is 20.1. The fourth-order valence-electron chi connectivity index (χ4n) is 6.04. The molecule has 5 rings (SSSR count). The van der Waals surface area contributed by atoms with Gasteiger partial charge in [-0.3, -0.25) is 4.31 Å². The number of ether oxygens (including phenoxy) is 2. The summed E-state index contributed by atoms with van der Waals surface area (Å²) in [6.07, 6.45) is 2.47. The SMILES string of the molecule is CC(C)(C)OC(=O)N1CCC(CN(C(=O)OC(C)(C)C)C2CC2c2ccc3c(c2)CCN3S(=O)(=O)c2ccccc2)CC1. The molecule has 234 valence electrons. The van der Waals surface area contributed by atoms with Crippen LogP contribution in [-0.4, -0.2) is 73.8 Å². The smallest absolute Gasteiger partial charge is 0.410 e. The fourth-order valence-corrected chi connectivity index (χ4v) is 7.57. The zero-order chi connectivity index (χ0) is 31.2. The molecule has 1 saturated heterocycles. The van der Waals surface area contributed by atoms with Crippen LogP contribution in [0.15, 0.2) is 53.4 Å². The maximum Gasteiger partial charge on any atom is 0.410 e. The summed E-state index contributed by atoms with van der Waals surface area (Å²) >= 11 is 0. The molecule has 10 heteroatoms. The number of carbonyl (C=O) groups is 2. The van der Waals surface area contributed by atoms with Crippen molar-refractivity contribution in [1.29, 1.82) is 0 Å². The highest BCUT2D eigenvalue weighted by Gasteiger charge is 2.47. The largest absolute Gasteiger partial charge is 0.444 e. The van der Waals surface area contributed by atoms with Crippen molar-refractivity contribution in [2.75, 3.05) is 30.5 Å². The predicted molar refractivity (Wildman–Crippen MR) is 166 cm³/mol. The lowest BCUT2D eigenvalue weighted by molar-refractivity contribution is 0.00849. The molecule has 2 heterocycles. The van der Waals surface area contributed by atoms with Gasteiger partial charge in [-0.25, -0.2) is 18.0 Å². The number of likely N-dealkylation sites (tertiary alicyclic amines) is 1. The van der Waals surface area contributed by atoms with Crippen LogP contribution in [0.5, 0.6) is 0 Å². The zero-order valence-electron chi connectivity index (χ0n) is 26.2. The van der Waals surface area contributed by atoms with Crippen molar-refractivity contribution in [3.8, 4) is 0 Å². The van der Waals surface area contributed by atoms with Gasteiger partial charge in [-0.1, -0.05) is 30.3 Å². The van der Waals surface area contributed by atoms with Crippen LogP contribution in [0.25, 0.3) is 0 Å². The summed E-state index contributed by atoms with van der Waals surface area (Å²) in [6, 6.07) is 14.6. The number of fused-ring (bicyclic) bond motifs is 1. The van der Waals surface area contributed by atoms with E-state index in [2.05, 4.69) is 6.07 Å². The van der Waals surface area contributed by atoms with Gasteiger partial charge in [0.15, 0.2) is 0 Å². The van der Waals surface area contributed by atoms with Crippen LogP contribution < -0.4 is 4.31 Å². The lowest BCUT2D eigenvalue weighted by Gasteiger charge is -2.36. The molecule has 2 aliphatic heterocycles. The average Bonchev–Trinajstić information content (AvgIpc) is 3.60. The van der Waals surface area contributed by atoms with Gasteiger partial charge in [-0.15, -0.1) is 0 Å². The normalized spacial score (nSPS) is 20.9. The molecule has 1 saturated carbocycles. The van der Waals surface area contributed by atoms with Crippen molar-refractivity contribution in [3.05, 3.63) is 59.7 Å². The van der Waals surface area contributed by atoms with E-state index < -0.39 is 21.2 Å². The second-order valence-corrected chi connectivity index (χ2v) is 15.8. The van der Waals surface area contributed by atoms with Gasteiger partial charge in [-0.05, 0) is 102 Å². The highest BCUT2D eigenvalue weighted by atomic mass is 32.2. The topological polar surface area (TPSA) is 96.5 Å². The van der Waals surface area contributed by atoms with Gasteiger partial charge in [0.1, 0.15) is 11.2 Å². The van der Waals surface area contributed by atoms with E-state index in [9.17, 15) is 18.0 Å². The number of hydrogen-bond donors (Lipinski definition) is 0. The molecule has 2 unspecified atom stereocenters. The molecule has 0 spiro atoms. The van der Waals surface area contributed by atoms with Crippen LogP contribution in [-0.2, 0) is 25.9 Å². The lowest BCUT2D eigenvalue weighted by Crippen LogP contribution is -2.46. The Kier molecular flexibility index (Phi) is 8.46. The summed E-state index contributed by atoms with van der Waals surface area (Å²) in [6.45, 7) is 13.4.